The molecule has 4 aromatic carbocycles. The highest BCUT2D eigenvalue weighted by molar-refractivity contribution is 6.30. The van der Waals surface area contributed by atoms with Gasteiger partial charge < -0.3 is 10.1 Å². The van der Waals surface area contributed by atoms with E-state index < -0.39 is 0 Å². The van der Waals surface area contributed by atoms with Gasteiger partial charge in [0.15, 0.2) is 0 Å². The third kappa shape index (κ3) is 4.67. The number of hydrogen-bond acceptors (Lipinski definition) is 3. The first kappa shape index (κ1) is 22.6. The van der Waals surface area contributed by atoms with Gasteiger partial charge in [0.25, 0.3) is 0 Å². The van der Waals surface area contributed by atoms with E-state index in [0.29, 0.717) is 23.5 Å². The van der Waals surface area contributed by atoms with Crippen molar-refractivity contribution in [2.24, 2.45) is 10.9 Å². The molecular weight excluding hydrogens is 464 g/mol. The van der Waals surface area contributed by atoms with E-state index in [1.807, 2.05) is 42.6 Å². The van der Waals surface area contributed by atoms with Crippen molar-refractivity contribution in [1.82, 2.24) is 0 Å². The fourth-order valence-corrected chi connectivity index (χ4v) is 5.45. The van der Waals surface area contributed by atoms with E-state index in [4.69, 9.17) is 21.3 Å². The Morgan fingerprint density at radius 1 is 0.917 bits per heavy atom. The second kappa shape index (κ2) is 10.0. The summed E-state index contributed by atoms with van der Waals surface area (Å²) in [5.41, 5.74) is 6.79. The molecule has 6 rings (SSSR count). The number of fused-ring (bicyclic) bond motifs is 3. The average molecular weight is 491 g/mol. The number of nitrogens with one attached hydrogen (secondary N) is 1. The second-order valence-electron chi connectivity index (χ2n) is 9.37. The van der Waals surface area contributed by atoms with Crippen LogP contribution in [0, 0.1) is 5.92 Å². The predicted molar refractivity (Wildman–Crippen MR) is 149 cm³/mol. The van der Waals surface area contributed by atoms with Gasteiger partial charge in [-0.3, -0.25) is 4.99 Å². The molecule has 1 heterocycles. The van der Waals surface area contributed by atoms with Crippen molar-refractivity contribution in [3.05, 3.63) is 136 Å². The standard InChI is InChI=1S/C32H27ClN2O/c33-25-15-18-31(36-21-22-7-2-1-3-8-22)24(19-25)20-34-26-16-13-23(14-17-26)32-29-11-6-10-27(29)28-9-4-5-12-30(28)35-32/h1-10,12-20,27,29,32,35H,11,21H2/t27-,29-,32-/m0/s1. The highest BCUT2D eigenvalue weighted by atomic mass is 35.5. The van der Waals surface area contributed by atoms with Crippen molar-refractivity contribution in [3.8, 4) is 5.75 Å². The molecule has 0 saturated heterocycles. The Morgan fingerprint density at radius 3 is 2.58 bits per heavy atom. The average Bonchev–Trinajstić information content (AvgIpc) is 3.42. The SMILES string of the molecule is Clc1ccc(OCc2ccccc2)c(C=Nc2ccc([C@@H]3Nc4ccccc4[C@@H]4C=CC[C@@H]43)cc2)c1. The second-order valence-corrected chi connectivity index (χ2v) is 9.81. The Bertz CT molecular complexity index is 1410. The van der Waals surface area contributed by atoms with E-state index in [1.54, 1.807) is 0 Å². The topological polar surface area (TPSA) is 33.6 Å². The number of hydrogen-bond donors (Lipinski definition) is 1. The third-order valence-corrected chi connectivity index (χ3v) is 7.32. The summed E-state index contributed by atoms with van der Waals surface area (Å²) >= 11 is 6.27. The van der Waals surface area contributed by atoms with Gasteiger partial charge in [0.1, 0.15) is 12.4 Å². The number of rotatable bonds is 6. The number of halogens is 1. The van der Waals surface area contributed by atoms with Crippen LogP contribution in [0.2, 0.25) is 5.02 Å². The van der Waals surface area contributed by atoms with Gasteiger partial charge in [-0.2, -0.15) is 0 Å². The first-order valence-electron chi connectivity index (χ1n) is 12.4. The Morgan fingerprint density at radius 2 is 1.72 bits per heavy atom. The van der Waals surface area contributed by atoms with Crippen LogP contribution in [0.3, 0.4) is 0 Å². The van der Waals surface area contributed by atoms with Gasteiger partial charge in [-0.1, -0.05) is 84.4 Å². The summed E-state index contributed by atoms with van der Waals surface area (Å²) in [6.07, 6.45) is 7.62. The summed E-state index contributed by atoms with van der Waals surface area (Å²) in [5, 5.41) is 4.45. The zero-order chi connectivity index (χ0) is 24.3. The summed E-state index contributed by atoms with van der Waals surface area (Å²) in [4.78, 5) is 4.73. The van der Waals surface area contributed by atoms with Gasteiger partial charge >= 0.3 is 0 Å². The van der Waals surface area contributed by atoms with Gasteiger partial charge in [-0.05, 0) is 65.4 Å². The van der Waals surface area contributed by atoms with E-state index in [2.05, 4.69) is 78.1 Å². The first-order valence-corrected chi connectivity index (χ1v) is 12.7. The van der Waals surface area contributed by atoms with Crippen molar-refractivity contribution in [3.63, 3.8) is 0 Å². The van der Waals surface area contributed by atoms with Crippen molar-refractivity contribution >= 4 is 29.2 Å². The lowest BCUT2D eigenvalue weighted by atomic mass is 9.77. The number of aliphatic imine (C=N–C) groups is 1. The van der Waals surface area contributed by atoms with Crippen LogP contribution in [0.4, 0.5) is 11.4 Å². The van der Waals surface area contributed by atoms with Crippen LogP contribution < -0.4 is 10.1 Å². The largest absolute Gasteiger partial charge is 0.488 e. The van der Waals surface area contributed by atoms with Gasteiger partial charge in [-0.15, -0.1) is 0 Å². The van der Waals surface area contributed by atoms with Gasteiger partial charge in [0, 0.05) is 28.4 Å². The van der Waals surface area contributed by atoms with Crippen molar-refractivity contribution in [1.29, 1.82) is 0 Å². The minimum absolute atomic E-state index is 0.281. The molecule has 4 heteroatoms. The summed E-state index contributed by atoms with van der Waals surface area (Å²) in [6.45, 7) is 0.493. The Hall–Kier alpha value is -3.82. The molecule has 1 aliphatic heterocycles. The Kier molecular flexibility index (Phi) is 6.31. The molecule has 0 aromatic heterocycles. The van der Waals surface area contributed by atoms with Crippen LogP contribution in [-0.2, 0) is 6.61 Å². The van der Waals surface area contributed by atoms with Gasteiger partial charge in [0.05, 0.1) is 11.7 Å². The fourth-order valence-electron chi connectivity index (χ4n) is 5.27. The van der Waals surface area contributed by atoms with Crippen molar-refractivity contribution < 1.29 is 4.74 Å². The molecule has 4 aromatic rings. The maximum Gasteiger partial charge on any atom is 0.128 e. The number of anilines is 1. The Labute approximate surface area is 217 Å². The number of nitrogens with zero attached hydrogens (tertiary/aromatic N) is 1. The molecule has 2 aliphatic rings. The lowest BCUT2D eigenvalue weighted by molar-refractivity contribution is 0.306. The molecule has 0 radical (unpaired) electrons. The molecule has 0 spiro atoms. The first-order chi connectivity index (χ1) is 17.7. The van der Waals surface area contributed by atoms with Crippen LogP contribution in [0.15, 0.2) is 114 Å². The molecular formula is C32H27ClN2O. The molecule has 0 amide bonds. The molecule has 0 fully saturated rings. The summed E-state index contributed by atoms with van der Waals surface area (Å²) in [5.74, 6) is 1.76. The quantitative estimate of drug-likeness (QED) is 0.217. The molecule has 36 heavy (non-hydrogen) atoms. The Balaban J connectivity index is 1.19. The van der Waals surface area contributed by atoms with Crippen molar-refractivity contribution in [2.45, 2.75) is 25.0 Å². The number of ether oxygens (including phenoxy) is 1. The fraction of sp³-hybridized carbons (Fsp3) is 0.156. The highest BCUT2D eigenvalue weighted by Gasteiger charge is 2.37. The van der Waals surface area contributed by atoms with E-state index >= 15 is 0 Å². The van der Waals surface area contributed by atoms with Gasteiger partial charge in [-0.25, -0.2) is 0 Å². The molecule has 178 valence electrons. The smallest absolute Gasteiger partial charge is 0.128 e. The summed E-state index contributed by atoms with van der Waals surface area (Å²) in [7, 11) is 0. The van der Waals surface area contributed by atoms with E-state index in [1.165, 1.54) is 16.8 Å². The van der Waals surface area contributed by atoms with Crippen LogP contribution in [-0.4, -0.2) is 6.21 Å². The van der Waals surface area contributed by atoms with Crippen LogP contribution in [0.25, 0.3) is 0 Å². The summed E-state index contributed by atoms with van der Waals surface area (Å²) in [6, 6.07) is 33.3. The predicted octanol–water partition coefficient (Wildman–Crippen LogP) is 8.50. The van der Waals surface area contributed by atoms with Crippen molar-refractivity contribution in [2.75, 3.05) is 5.32 Å². The molecule has 3 nitrogen and oxygen atoms in total. The maximum atomic E-state index is 6.27. The molecule has 0 unspecified atom stereocenters. The molecule has 0 saturated carbocycles. The zero-order valence-electron chi connectivity index (χ0n) is 19.8. The molecule has 3 atom stereocenters. The number of para-hydroxylation sites is 1. The van der Waals surface area contributed by atoms with Crippen LogP contribution in [0.5, 0.6) is 5.75 Å². The molecule has 0 bridgehead atoms. The lowest BCUT2D eigenvalue weighted by Crippen LogP contribution is -2.28. The van der Waals surface area contributed by atoms with E-state index in [-0.39, 0.29) is 6.04 Å². The van der Waals surface area contributed by atoms with Crippen LogP contribution in [0.1, 0.15) is 40.6 Å². The minimum Gasteiger partial charge on any atom is -0.488 e. The number of benzene rings is 4. The van der Waals surface area contributed by atoms with Crippen LogP contribution >= 0.6 is 11.6 Å². The number of allylic oxidation sites excluding steroid dienone is 2. The molecule has 1 aliphatic carbocycles. The van der Waals surface area contributed by atoms with E-state index in [9.17, 15) is 0 Å². The monoisotopic (exact) mass is 490 g/mol. The van der Waals surface area contributed by atoms with E-state index in [0.717, 1.165) is 29.0 Å². The lowest BCUT2D eigenvalue weighted by Gasteiger charge is -2.37. The summed E-state index contributed by atoms with van der Waals surface area (Å²) < 4.78 is 6.07. The van der Waals surface area contributed by atoms with Gasteiger partial charge in [0.2, 0.25) is 0 Å². The molecule has 1 N–H and O–H groups in total. The zero-order valence-corrected chi connectivity index (χ0v) is 20.6. The normalized spacial score (nSPS) is 20.1. The minimum atomic E-state index is 0.281. The third-order valence-electron chi connectivity index (χ3n) is 7.09. The highest BCUT2D eigenvalue weighted by Crippen LogP contribution is 2.49. The maximum absolute atomic E-state index is 6.27.